The lowest BCUT2D eigenvalue weighted by atomic mass is 9.88. The molecule has 0 N–H and O–H groups in total. The Morgan fingerprint density at radius 1 is 0.696 bits per heavy atom. The summed E-state index contributed by atoms with van der Waals surface area (Å²) in [5.74, 6) is 2.19. The number of nitrogens with zero attached hydrogens (tertiary/aromatic N) is 3. The van der Waals surface area contributed by atoms with Crippen molar-refractivity contribution < 1.29 is 4.42 Å². The van der Waals surface area contributed by atoms with Gasteiger partial charge in [-0.1, -0.05) is 118 Å². The second-order valence-electron chi connectivity index (χ2n) is 13.1. The Morgan fingerprint density at radius 3 is 2.09 bits per heavy atom. The molecule has 4 heteroatoms. The molecule has 0 bridgehead atoms. The topological polar surface area (TPSA) is 43.9 Å². The average molecular weight is 602 g/mol. The van der Waals surface area contributed by atoms with Crippen molar-refractivity contribution >= 4 is 21.8 Å². The zero-order chi connectivity index (χ0) is 31.0. The van der Waals surface area contributed by atoms with Gasteiger partial charge in [-0.3, -0.25) is 0 Å². The molecule has 0 atom stereocenters. The number of hydrogen-bond donors (Lipinski definition) is 0. The highest BCUT2D eigenvalue weighted by Gasteiger charge is 2.23. The van der Waals surface area contributed by atoms with Crippen molar-refractivity contribution in [1.82, 2.24) is 14.8 Å². The fourth-order valence-corrected chi connectivity index (χ4v) is 7.50. The molecule has 0 spiro atoms. The lowest BCUT2D eigenvalue weighted by Gasteiger charge is -2.18. The van der Waals surface area contributed by atoms with E-state index in [-0.39, 0.29) is 0 Å². The summed E-state index contributed by atoms with van der Waals surface area (Å²) < 4.78 is 8.85. The Hall–Kier alpha value is -4.96. The van der Waals surface area contributed by atoms with Gasteiger partial charge < -0.3 is 8.98 Å². The van der Waals surface area contributed by atoms with Crippen molar-refractivity contribution in [2.75, 3.05) is 0 Å². The van der Waals surface area contributed by atoms with Gasteiger partial charge in [-0.05, 0) is 83.3 Å². The highest BCUT2D eigenvalue weighted by atomic mass is 16.4. The van der Waals surface area contributed by atoms with Gasteiger partial charge in [0.1, 0.15) is 0 Å². The second kappa shape index (κ2) is 12.1. The maximum absolute atomic E-state index is 6.47. The number of hydrogen-bond acceptors (Lipinski definition) is 3. The Balaban J connectivity index is 1.29. The lowest BCUT2D eigenvalue weighted by molar-refractivity contribution is 0.367. The molecule has 2 heterocycles. The van der Waals surface area contributed by atoms with Crippen LogP contribution in [-0.4, -0.2) is 14.8 Å². The lowest BCUT2D eigenvalue weighted by Crippen LogP contribution is -2.04. The van der Waals surface area contributed by atoms with Gasteiger partial charge in [0.2, 0.25) is 11.8 Å². The molecular formula is C42H39N3O. The summed E-state index contributed by atoms with van der Waals surface area (Å²) in [7, 11) is 0. The molecule has 1 fully saturated rings. The molecule has 0 amide bonds. The maximum Gasteiger partial charge on any atom is 0.247 e. The standard InChI is InChI=1S/C42H39N3O/c1-28(2)34-17-8-9-19-36(34)35-18-7-6-16-31(35)24-29-25-32(42-44-43-41(46-42)30-14-4-3-5-15-30)27-33(26-29)45-39-22-12-10-20-37(39)38-21-11-13-23-40(38)45/h6-13,16-23,25-28,30H,3-5,14-15,24H2,1-2H3. The van der Waals surface area contributed by atoms with Gasteiger partial charge in [0.15, 0.2) is 0 Å². The van der Waals surface area contributed by atoms with Crippen LogP contribution in [0.5, 0.6) is 0 Å². The van der Waals surface area contributed by atoms with Crippen LogP contribution in [-0.2, 0) is 6.42 Å². The fourth-order valence-electron chi connectivity index (χ4n) is 7.50. The molecule has 0 saturated heterocycles. The summed E-state index contributed by atoms with van der Waals surface area (Å²) >= 11 is 0. The van der Waals surface area contributed by atoms with Crippen LogP contribution < -0.4 is 0 Å². The molecule has 1 aliphatic rings. The monoisotopic (exact) mass is 601 g/mol. The fraction of sp³-hybridized carbons (Fsp3) is 0.238. The minimum absolute atomic E-state index is 0.364. The average Bonchev–Trinajstić information content (AvgIpc) is 3.73. The predicted molar refractivity (Wildman–Crippen MR) is 189 cm³/mol. The van der Waals surface area contributed by atoms with E-state index in [0.717, 1.165) is 36.4 Å². The molecule has 0 aliphatic heterocycles. The van der Waals surface area contributed by atoms with Crippen molar-refractivity contribution in [3.05, 3.63) is 138 Å². The van der Waals surface area contributed by atoms with Gasteiger partial charge in [0.05, 0.1) is 11.0 Å². The van der Waals surface area contributed by atoms with Crippen molar-refractivity contribution in [3.8, 4) is 28.3 Å². The molecule has 228 valence electrons. The molecule has 46 heavy (non-hydrogen) atoms. The minimum atomic E-state index is 0.364. The van der Waals surface area contributed by atoms with E-state index < -0.39 is 0 Å². The van der Waals surface area contributed by atoms with Crippen LogP contribution >= 0.6 is 0 Å². The number of aromatic nitrogens is 3. The molecule has 8 rings (SSSR count). The van der Waals surface area contributed by atoms with E-state index in [4.69, 9.17) is 4.42 Å². The molecular weight excluding hydrogens is 562 g/mol. The molecule has 4 nitrogen and oxygen atoms in total. The van der Waals surface area contributed by atoms with Gasteiger partial charge >= 0.3 is 0 Å². The molecule has 2 aromatic heterocycles. The number of fused-ring (bicyclic) bond motifs is 3. The van der Waals surface area contributed by atoms with Crippen molar-refractivity contribution in [3.63, 3.8) is 0 Å². The third kappa shape index (κ3) is 5.22. The summed E-state index contributed by atoms with van der Waals surface area (Å²) in [6.07, 6.45) is 6.80. The van der Waals surface area contributed by atoms with Crippen molar-refractivity contribution in [2.24, 2.45) is 0 Å². The van der Waals surface area contributed by atoms with E-state index in [2.05, 4.69) is 144 Å². The Morgan fingerprint density at radius 2 is 1.35 bits per heavy atom. The van der Waals surface area contributed by atoms with Crippen molar-refractivity contribution in [1.29, 1.82) is 0 Å². The van der Waals surface area contributed by atoms with Crippen LogP contribution in [0.1, 0.15) is 80.4 Å². The van der Waals surface area contributed by atoms with Crippen LogP contribution in [0.4, 0.5) is 0 Å². The second-order valence-corrected chi connectivity index (χ2v) is 13.1. The molecule has 1 aliphatic carbocycles. The van der Waals surface area contributed by atoms with E-state index >= 15 is 0 Å². The van der Waals surface area contributed by atoms with E-state index in [1.54, 1.807) is 0 Å². The Bertz CT molecular complexity index is 2110. The number of benzene rings is 5. The number of para-hydroxylation sites is 2. The first-order valence-electron chi connectivity index (χ1n) is 16.8. The zero-order valence-electron chi connectivity index (χ0n) is 26.6. The van der Waals surface area contributed by atoms with Crippen LogP contribution in [0.3, 0.4) is 0 Å². The molecule has 5 aromatic carbocycles. The largest absolute Gasteiger partial charge is 0.420 e. The highest BCUT2D eigenvalue weighted by molar-refractivity contribution is 6.09. The van der Waals surface area contributed by atoms with Crippen LogP contribution in [0.15, 0.2) is 120 Å². The van der Waals surface area contributed by atoms with E-state index in [0.29, 0.717) is 17.7 Å². The van der Waals surface area contributed by atoms with E-state index in [1.807, 2.05) is 0 Å². The molecule has 0 radical (unpaired) electrons. The van der Waals surface area contributed by atoms with Gasteiger partial charge in [0, 0.05) is 27.9 Å². The summed E-state index contributed by atoms with van der Waals surface area (Å²) in [6.45, 7) is 4.55. The van der Waals surface area contributed by atoms with Crippen molar-refractivity contribution in [2.45, 2.75) is 64.2 Å². The van der Waals surface area contributed by atoms with E-state index in [9.17, 15) is 0 Å². The van der Waals surface area contributed by atoms with Gasteiger partial charge in [-0.25, -0.2) is 0 Å². The van der Waals surface area contributed by atoms with Gasteiger partial charge in [0.25, 0.3) is 0 Å². The SMILES string of the molecule is CC(C)c1ccccc1-c1ccccc1Cc1cc(-c2nnc(C3CCCCC3)o2)cc(-n2c3ccccc3c3ccccc32)c1. The Kier molecular flexibility index (Phi) is 7.49. The smallest absolute Gasteiger partial charge is 0.247 e. The van der Waals surface area contributed by atoms with Gasteiger partial charge in [-0.15, -0.1) is 10.2 Å². The van der Waals surface area contributed by atoms with Crippen LogP contribution in [0.2, 0.25) is 0 Å². The van der Waals surface area contributed by atoms with E-state index in [1.165, 1.54) is 68.9 Å². The van der Waals surface area contributed by atoms with Crippen LogP contribution in [0, 0.1) is 0 Å². The summed E-state index contributed by atoms with van der Waals surface area (Å²) in [5, 5.41) is 11.7. The summed E-state index contributed by atoms with van der Waals surface area (Å²) in [4.78, 5) is 0. The normalized spacial score (nSPS) is 14.1. The van der Waals surface area contributed by atoms with Crippen LogP contribution in [0.25, 0.3) is 50.1 Å². The minimum Gasteiger partial charge on any atom is -0.420 e. The first kappa shape index (κ1) is 28.5. The first-order chi connectivity index (χ1) is 22.6. The molecule has 1 saturated carbocycles. The summed E-state index contributed by atoms with van der Waals surface area (Å²) in [6, 6.07) is 41.8. The first-order valence-corrected chi connectivity index (χ1v) is 16.8. The quantitative estimate of drug-likeness (QED) is 0.183. The number of rotatable bonds is 7. The highest BCUT2D eigenvalue weighted by Crippen LogP contribution is 2.37. The third-order valence-electron chi connectivity index (χ3n) is 9.74. The van der Waals surface area contributed by atoms with Gasteiger partial charge in [-0.2, -0.15) is 0 Å². The zero-order valence-corrected chi connectivity index (χ0v) is 26.6. The summed E-state index contributed by atoms with van der Waals surface area (Å²) in [5.41, 5.74) is 10.9. The maximum atomic E-state index is 6.47. The third-order valence-corrected chi connectivity index (χ3v) is 9.74. The molecule has 0 unspecified atom stereocenters. The predicted octanol–water partition coefficient (Wildman–Crippen LogP) is 11.3. The molecule has 7 aromatic rings. The Labute approximate surface area is 270 Å².